The Labute approximate surface area is 114 Å². The first-order valence-electron chi connectivity index (χ1n) is 5.22. The molecule has 0 radical (unpaired) electrons. The summed E-state index contributed by atoms with van der Waals surface area (Å²) < 4.78 is 0. The summed E-state index contributed by atoms with van der Waals surface area (Å²) in [7, 11) is 0. The Morgan fingerprint density at radius 2 is 2.24 bits per heavy atom. The average Bonchev–Trinajstić information content (AvgIpc) is 2.81. The molecule has 0 aromatic carbocycles. The standard InChI is InChI=1S/C12H13ClN2S2/c1-8(14)12(9-4-5-16-7-9)17-11-3-2-10(13)6-15-11/h2-8,12H,14H2,1H3. The molecule has 90 valence electrons. The van der Waals surface area contributed by atoms with Gasteiger partial charge in [-0.15, -0.1) is 0 Å². The fraction of sp³-hybridized carbons (Fsp3) is 0.250. The number of halogens is 1. The van der Waals surface area contributed by atoms with Crippen molar-refractivity contribution in [2.45, 2.75) is 23.2 Å². The summed E-state index contributed by atoms with van der Waals surface area (Å²) in [6, 6.07) is 5.96. The van der Waals surface area contributed by atoms with E-state index in [1.165, 1.54) is 5.56 Å². The molecule has 0 spiro atoms. The van der Waals surface area contributed by atoms with Crippen LogP contribution in [0.2, 0.25) is 5.02 Å². The molecule has 0 aliphatic rings. The van der Waals surface area contributed by atoms with Crippen molar-refractivity contribution in [1.82, 2.24) is 4.98 Å². The maximum Gasteiger partial charge on any atom is 0.0967 e. The quantitative estimate of drug-likeness (QED) is 0.863. The molecule has 0 saturated heterocycles. The number of nitrogens with zero attached hydrogens (tertiary/aromatic N) is 1. The lowest BCUT2D eigenvalue weighted by Crippen LogP contribution is -2.22. The van der Waals surface area contributed by atoms with Crippen LogP contribution >= 0.6 is 34.7 Å². The largest absolute Gasteiger partial charge is 0.327 e. The van der Waals surface area contributed by atoms with Gasteiger partial charge in [0.05, 0.1) is 15.3 Å². The van der Waals surface area contributed by atoms with Crippen molar-refractivity contribution in [3.05, 3.63) is 45.7 Å². The van der Waals surface area contributed by atoms with E-state index in [0.29, 0.717) is 5.02 Å². The third kappa shape index (κ3) is 3.45. The highest BCUT2D eigenvalue weighted by Gasteiger charge is 2.18. The maximum absolute atomic E-state index is 6.04. The molecule has 0 saturated carbocycles. The molecule has 0 amide bonds. The van der Waals surface area contributed by atoms with E-state index in [4.69, 9.17) is 17.3 Å². The summed E-state index contributed by atoms with van der Waals surface area (Å²) in [4.78, 5) is 4.29. The van der Waals surface area contributed by atoms with Crippen molar-refractivity contribution in [2.24, 2.45) is 5.73 Å². The molecule has 0 aliphatic heterocycles. The number of pyridine rings is 1. The Morgan fingerprint density at radius 3 is 2.76 bits per heavy atom. The highest BCUT2D eigenvalue weighted by atomic mass is 35.5. The Morgan fingerprint density at radius 1 is 1.41 bits per heavy atom. The predicted octanol–water partition coefficient (Wildman–Crippen LogP) is 3.98. The molecule has 0 fully saturated rings. The summed E-state index contributed by atoms with van der Waals surface area (Å²) in [5.74, 6) is 0. The van der Waals surface area contributed by atoms with Gasteiger partial charge in [0.15, 0.2) is 0 Å². The number of hydrogen-bond acceptors (Lipinski definition) is 4. The van der Waals surface area contributed by atoms with Gasteiger partial charge in [0.1, 0.15) is 0 Å². The first-order valence-corrected chi connectivity index (χ1v) is 7.43. The molecule has 2 aromatic heterocycles. The van der Waals surface area contributed by atoms with Crippen molar-refractivity contribution < 1.29 is 0 Å². The summed E-state index contributed by atoms with van der Waals surface area (Å²) in [6.07, 6.45) is 1.66. The van der Waals surface area contributed by atoms with Gasteiger partial charge in [0.2, 0.25) is 0 Å². The second-order valence-electron chi connectivity index (χ2n) is 3.77. The van der Waals surface area contributed by atoms with Gasteiger partial charge in [0.25, 0.3) is 0 Å². The Hall–Kier alpha value is -0.550. The van der Waals surface area contributed by atoms with Gasteiger partial charge in [-0.05, 0) is 41.4 Å². The van der Waals surface area contributed by atoms with Crippen LogP contribution in [0, 0.1) is 0 Å². The first kappa shape index (κ1) is 12.9. The van der Waals surface area contributed by atoms with Gasteiger partial charge in [0, 0.05) is 12.2 Å². The number of nitrogens with two attached hydrogens (primary N) is 1. The van der Waals surface area contributed by atoms with E-state index in [1.54, 1.807) is 29.3 Å². The second-order valence-corrected chi connectivity index (χ2v) is 6.15. The van der Waals surface area contributed by atoms with Crippen molar-refractivity contribution in [3.8, 4) is 0 Å². The molecule has 2 unspecified atom stereocenters. The minimum atomic E-state index is 0.0760. The van der Waals surface area contributed by atoms with Crippen LogP contribution in [-0.4, -0.2) is 11.0 Å². The van der Waals surface area contributed by atoms with Crippen LogP contribution < -0.4 is 5.73 Å². The molecule has 2 nitrogen and oxygen atoms in total. The smallest absolute Gasteiger partial charge is 0.0967 e. The van der Waals surface area contributed by atoms with Crippen molar-refractivity contribution >= 4 is 34.7 Å². The number of thioether (sulfide) groups is 1. The van der Waals surface area contributed by atoms with Gasteiger partial charge < -0.3 is 5.73 Å². The normalized spacial score (nSPS) is 14.5. The number of aromatic nitrogens is 1. The molecule has 2 aromatic rings. The zero-order valence-electron chi connectivity index (χ0n) is 9.34. The van der Waals surface area contributed by atoms with Gasteiger partial charge >= 0.3 is 0 Å². The average molecular weight is 285 g/mol. The summed E-state index contributed by atoms with van der Waals surface area (Å²) >= 11 is 9.18. The predicted molar refractivity (Wildman–Crippen MR) is 75.8 cm³/mol. The van der Waals surface area contributed by atoms with Gasteiger partial charge in [-0.25, -0.2) is 4.98 Å². The molecule has 0 aliphatic carbocycles. The third-order valence-electron chi connectivity index (χ3n) is 2.30. The fourth-order valence-corrected chi connectivity index (χ4v) is 3.39. The van der Waals surface area contributed by atoms with Crippen molar-refractivity contribution in [1.29, 1.82) is 0 Å². The van der Waals surface area contributed by atoms with E-state index in [1.807, 2.05) is 19.1 Å². The number of thiophene rings is 1. The molecule has 2 rings (SSSR count). The van der Waals surface area contributed by atoms with Crippen LogP contribution in [0.5, 0.6) is 0 Å². The minimum Gasteiger partial charge on any atom is -0.327 e. The zero-order chi connectivity index (χ0) is 12.3. The highest BCUT2D eigenvalue weighted by Crippen LogP contribution is 2.37. The van der Waals surface area contributed by atoms with E-state index in [-0.39, 0.29) is 11.3 Å². The highest BCUT2D eigenvalue weighted by molar-refractivity contribution is 7.99. The van der Waals surface area contributed by atoms with Gasteiger partial charge in [-0.3, -0.25) is 0 Å². The zero-order valence-corrected chi connectivity index (χ0v) is 11.7. The molecule has 5 heteroatoms. The molecule has 2 heterocycles. The van der Waals surface area contributed by atoms with Gasteiger partial charge in [-0.1, -0.05) is 23.4 Å². The van der Waals surface area contributed by atoms with Crippen molar-refractivity contribution in [2.75, 3.05) is 0 Å². The second kappa shape index (κ2) is 5.87. The van der Waals surface area contributed by atoms with Crippen LogP contribution in [0.4, 0.5) is 0 Å². The maximum atomic E-state index is 6.04. The molecule has 2 atom stereocenters. The van der Waals surface area contributed by atoms with Crippen LogP contribution in [0.1, 0.15) is 17.7 Å². The van der Waals surface area contributed by atoms with E-state index >= 15 is 0 Å². The number of hydrogen-bond donors (Lipinski definition) is 1. The third-order valence-corrected chi connectivity index (χ3v) is 4.66. The SMILES string of the molecule is CC(N)C(Sc1ccc(Cl)cn1)c1ccsc1. The van der Waals surface area contributed by atoms with E-state index < -0.39 is 0 Å². The fourth-order valence-electron chi connectivity index (χ4n) is 1.48. The minimum absolute atomic E-state index is 0.0760. The molecule has 2 N–H and O–H groups in total. The Balaban J connectivity index is 2.16. The number of rotatable bonds is 4. The summed E-state index contributed by atoms with van der Waals surface area (Å²) in [5.41, 5.74) is 7.29. The van der Waals surface area contributed by atoms with Crippen LogP contribution in [0.15, 0.2) is 40.2 Å². The molecule has 17 heavy (non-hydrogen) atoms. The van der Waals surface area contributed by atoms with E-state index in [9.17, 15) is 0 Å². The molecular formula is C12H13ClN2S2. The summed E-state index contributed by atoms with van der Waals surface area (Å²) in [5, 5.41) is 6.04. The van der Waals surface area contributed by atoms with Gasteiger partial charge in [-0.2, -0.15) is 11.3 Å². The van der Waals surface area contributed by atoms with Crippen LogP contribution in [0.25, 0.3) is 0 Å². The topological polar surface area (TPSA) is 38.9 Å². The lowest BCUT2D eigenvalue weighted by Gasteiger charge is -2.18. The van der Waals surface area contributed by atoms with Crippen LogP contribution in [-0.2, 0) is 0 Å². The molecule has 0 bridgehead atoms. The van der Waals surface area contributed by atoms with Crippen molar-refractivity contribution in [3.63, 3.8) is 0 Å². The monoisotopic (exact) mass is 284 g/mol. The Bertz CT molecular complexity index is 454. The lowest BCUT2D eigenvalue weighted by atomic mass is 10.1. The lowest BCUT2D eigenvalue weighted by molar-refractivity contribution is 0.722. The summed E-state index contributed by atoms with van der Waals surface area (Å²) in [6.45, 7) is 2.02. The Kier molecular flexibility index (Phi) is 4.45. The van der Waals surface area contributed by atoms with E-state index in [2.05, 4.69) is 21.8 Å². The van der Waals surface area contributed by atoms with E-state index in [0.717, 1.165) is 5.03 Å². The van der Waals surface area contributed by atoms with Crippen LogP contribution in [0.3, 0.4) is 0 Å². The first-order chi connectivity index (χ1) is 8.16. The molecular weight excluding hydrogens is 272 g/mol.